The van der Waals surface area contributed by atoms with E-state index < -0.39 is 8.07 Å². The van der Waals surface area contributed by atoms with Gasteiger partial charge in [-0.15, -0.1) is 0 Å². The van der Waals surface area contributed by atoms with Crippen LogP contribution < -0.4 is 5.19 Å². The molecule has 0 aliphatic carbocycles. The van der Waals surface area contributed by atoms with E-state index in [2.05, 4.69) is 31.8 Å². The van der Waals surface area contributed by atoms with Crippen LogP contribution in [0.5, 0.6) is 5.75 Å². The third-order valence-electron chi connectivity index (χ3n) is 4.78. The topological polar surface area (TPSA) is 32.6 Å². The Morgan fingerprint density at radius 3 is 2.14 bits per heavy atom. The maximum absolute atomic E-state index is 10.7. The van der Waals surface area contributed by atoms with Crippen LogP contribution in [0.15, 0.2) is 53.5 Å². The van der Waals surface area contributed by atoms with Gasteiger partial charge in [0.2, 0.25) is 0 Å². The van der Waals surface area contributed by atoms with Crippen molar-refractivity contribution in [1.82, 2.24) is 0 Å². The van der Waals surface area contributed by atoms with Gasteiger partial charge in [0.25, 0.3) is 0 Å². The number of nitrogens with zero attached hydrogens (tertiary/aromatic N) is 1. The molecular weight excluding hydrogens is 286 g/mol. The van der Waals surface area contributed by atoms with Crippen LogP contribution in [-0.4, -0.2) is 19.4 Å². The molecule has 0 amide bonds. The highest BCUT2D eigenvalue weighted by Crippen LogP contribution is 2.26. The van der Waals surface area contributed by atoms with E-state index in [1.165, 1.54) is 5.19 Å². The van der Waals surface area contributed by atoms with Crippen LogP contribution in [0.1, 0.15) is 26.3 Å². The summed E-state index contributed by atoms with van der Waals surface area (Å²) in [4.78, 5) is 4.47. The van der Waals surface area contributed by atoms with Crippen LogP contribution >= 0.6 is 0 Å². The summed E-state index contributed by atoms with van der Waals surface area (Å²) in [6.45, 7) is 6.76. The van der Waals surface area contributed by atoms with Crippen molar-refractivity contribution in [2.24, 2.45) is 4.99 Å². The number of phenolic OH excluding ortho intramolecular Hbond substituents is 1. The van der Waals surface area contributed by atoms with Crippen molar-refractivity contribution in [2.75, 3.05) is 0 Å². The summed E-state index contributed by atoms with van der Waals surface area (Å²) in [6.07, 6.45) is 1.77. The van der Waals surface area contributed by atoms with Gasteiger partial charge < -0.3 is 5.11 Å². The Kier molecular flexibility index (Phi) is 5.55. The summed E-state index contributed by atoms with van der Waals surface area (Å²) >= 11 is 0. The molecule has 2 aromatic rings. The summed E-state index contributed by atoms with van der Waals surface area (Å²) in [5.74, 6) is 0.430. The van der Waals surface area contributed by atoms with Crippen molar-refractivity contribution in [1.29, 1.82) is 0 Å². The molecular formula is C19H25NOSi. The normalized spacial score (nSPS) is 12.0. The number of phenols is 1. The quantitative estimate of drug-likeness (QED) is 0.600. The fourth-order valence-electron chi connectivity index (χ4n) is 3.07. The van der Waals surface area contributed by atoms with E-state index in [1.54, 1.807) is 6.21 Å². The number of rotatable bonds is 6. The molecule has 0 aromatic heterocycles. The molecule has 116 valence electrons. The monoisotopic (exact) mass is 311 g/mol. The Morgan fingerprint density at radius 1 is 0.909 bits per heavy atom. The number of hydrogen-bond donors (Lipinski definition) is 1. The molecule has 0 unspecified atom stereocenters. The molecule has 0 saturated carbocycles. The minimum atomic E-state index is -1.59. The molecule has 22 heavy (non-hydrogen) atoms. The highest BCUT2D eigenvalue weighted by atomic mass is 28.3. The third kappa shape index (κ3) is 3.30. The average molecular weight is 312 g/mol. The Hall–Kier alpha value is -1.87. The molecule has 0 aliphatic rings. The molecule has 0 radical (unpaired) electrons. The van der Waals surface area contributed by atoms with Crippen molar-refractivity contribution in [2.45, 2.75) is 38.9 Å². The molecule has 3 heteroatoms. The van der Waals surface area contributed by atoms with Crippen LogP contribution in [0, 0.1) is 0 Å². The SMILES string of the molecule is CC[Si](CC)(CC)c1cccc(C=Nc2ccccc2)c1O. The van der Waals surface area contributed by atoms with E-state index in [9.17, 15) is 5.11 Å². The smallest absolute Gasteiger partial charge is 0.123 e. The van der Waals surface area contributed by atoms with Gasteiger partial charge in [-0.05, 0) is 23.4 Å². The first-order chi connectivity index (χ1) is 10.7. The Balaban J connectivity index is 2.40. The average Bonchev–Trinajstić information content (AvgIpc) is 2.58. The Morgan fingerprint density at radius 2 is 1.55 bits per heavy atom. The maximum Gasteiger partial charge on any atom is 0.123 e. The van der Waals surface area contributed by atoms with Gasteiger partial charge in [-0.2, -0.15) is 0 Å². The molecule has 1 N–H and O–H groups in total. The fourth-order valence-corrected chi connectivity index (χ4v) is 6.81. The van der Waals surface area contributed by atoms with Crippen LogP contribution in [0.2, 0.25) is 18.1 Å². The molecule has 0 atom stereocenters. The minimum Gasteiger partial charge on any atom is -0.507 e. The lowest BCUT2D eigenvalue weighted by Crippen LogP contribution is -2.46. The van der Waals surface area contributed by atoms with Gasteiger partial charge in [0.1, 0.15) is 5.75 Å². The molecule has 2 rings (SSSR count). The standard InChI is InChI=1S/C19H25NOSi/c1-4-22(5-2,6-3)18-14-10-11-16(19(18)21)15-20-17-12-8-7-9-13-17/h7-15,21H,4-6H2,1-3H3. The predicted octanol–water partition coefficient (Wildman–Crippen LogP) is 4.86. The number of hydrogen-bond acceptors (Lipinski definition) is 2. The van der Waals surface area contributed by atoms with Crippen LogP contribution in [0.4, 0.5) is 5.69 Å². The summed E-state index contributed by atoms with van der Waals surface area (Å²) in [7, 11) is -1.59. The molecule has 2 aromatic carbocycles. The lowest BCUT2D eigenvalue weighted by atomic mass is 10.2. The minimum absolute atomic E-state index is 0.430. The van der Waals surface area contributed by atoms with Crippen LogP contribution in [-0.2, 0) is 0 Å². The first-order valence-electron chi connectivity index (χ1n) is 8.08. The van der Waals surface area contributed by atoms with Gasteiger partial charge in [0.15, 0.2) is 0 Å². The van der Waals surface area contributed by atoms with Crippen molar-refractivity contribution in [3.63, 3.8) is 0 Å². The van der Waals surface area contributed by atoms with E-state index >= 15 is 0 Å². The van der Waals surface area contributed by atoms with Gasteiger partial charge >= 0.3 is 0 Å². The van der Waals surface area contributed by atoms with Crippen molar-refractivity contribution >= 4 is 25.2 Å². The molecule has 0 saturated heterocycles. The third-order valence-corrected chi connectivity index (χ3v) is 10.4. The molecule has 0 heterocycles. The molecule has 0 fully saturated rings. The number of aliphatic imine (C=N–C) groups is 1. The first-order valence-corrected chi connectivity index (χ1v) is 10.7. The van der Waals surface area contributed by atoms with E-state index in [4.69, 9.17) is 0 Å². The summed E-state index contributed by atoms with van der Waals surface area (Å²) in [5.41, 5.74) is 1.71. The summed E-state index contributed by atoms with van der Waals surface area (Å²) in [5, 5.41) is 11.9. The van der Waals surface area contributed by atoms with Crippen LogP contribution in [0.25, 0.3) is 0 Å². The Labute approximate surface area is 134 Å². The van der Waals surface area contributed by atoms with E-state index in [0.717, 1.165) is 29.4 Å². The maximum atomic E-state index is 10.7. The number of aromatic hydroxyl groups is 1. The highest BCUT2D eigenvalue weighted by molar-refractivity contribution is 6.92. The highest BCUT2D eigenvalue weighted by Gasteiger charge is 2.32. The zero-order valence-corrected chi connectivity index (χ0v) is 14.7. The van der Waals surface area contributed by atoms with E-state index in [0.29, 0.717) is 5.75 Å². The number of benzene rings is 2. The molecule has 2 nitrogen and oxygen atoms in total. The predicted molar refractivity (Wildman–Crippen MR) is 98.6 cm³/mol. The zero-order chi connectivity index (χ0) is 16.0. The molecule has 0 bridgehead atoms. The lowest BCUT2D eigenvalue weighted by molar-refractivity contribution is 0.478. The largest absolute Gasteiger partial charge is 0.507 e. The van der Waals surface area contributed by atoms with Crippen molar-refractivity contribution in [3.8, 4) is 5.75 Å². The molecule has 0 spiro atoms. The van der Waals surface area contributed by atoms with E-state index in [1.807, 2.05) is 42.5 Å². The van der Waals surface area contributed by atoms with Gasteiger partial charge in [-0.1, -0.05) is 69.2 Å². The second-order valence-electron chi connectivity index (χ2n) is 5.68. The second-order valence-corrected chi connectivity index (χ2v) is 10.9. The summed E-state index contributed by atoms with van der Waals surface area (Å²) < 4.78 is 0. The lowest BCUT2D eigenvalue weighted by Gasteiger charge is -2.29. The summed E-state index contributed by atoms with van der Waals surface area (Å²) in [6, 6.07) is 19.4. The van der Waals surface area contributed by atoms with Gasteiger partial charge in [-0.25, -0.2) is 0 Å². The molecule has 0 aliphatic heterocycles. The fraction of sp³-hybridized carbons (Fsp3) is 0.316. The first kappa shape index (κ1) is 16.5. The number of para-hydroxylation sites is 2. The van der Waals surface area contributed by atoms with E-state index in [-0.39, 0.29) is 0 Å². The zero-order valence-electron chi connectivity index (χ0n) is 13.7. The van der Waals surface area contributed by atoms with Gasteiger partial charge in [0.05, 0.1) is 13.8 Å². The van der Waals surface area contributed by atoms with Gasteiger partial charge in [-0.3, -0.25) is 4.99 Å². The van der Waals surface area contributed by atoms with Gasteiger partial charge in [0, 0.05) is 11.8 Å². The second kappa shape index (κ2) is 7.41. The van der Waals surface area contributed by atoms with Crippen molar-refractivity contribution < 1.29 is 5.11 Å². The van der Waals surface area contributed by atoms with Crippen molar-refractivity contribution in [3.05, 3.63) is 54.1 Å². The Bertz CT molecular complexity index is 625. The van der Waals surface area contributed by atoms with Crippen LogP contribution in [0.3, 0.4) is 0 Å².